The smallest absolute Gasteiger partial charge is 0.211 e. The van der Waals surface area contributed by atoms with Crippen molar-refractivity contribution >= 4 is 10.0 Å². The van der Waals surface area contributed by atoms with Crippen LogP contribution < -0.4 is 5.32 Å². The highest BCUT2D eigenvalue weighted by Crippen LogP contribution is 2.18. The first-order valence-electron chi connectivity index (χ1n) is 6.89. The fraction of sp³-hybridized carbons (Fsp3) is 0.571. The molecule has 0 amide bonds. The van der Waals surface area contributed by atoms with Crippen LogP contribution in [0.3, 0.4) is 0 Å². The Morgan fingerprint density at radius 3 is 2.70 bits per heavy atom. The number of phenolic OH excluding ortho intramolecular Hbond substituents is 1. The molecule has 1 aromatic rings. The third-order valence-electron chi connectivity index (χ3n) is 3.65. The summed E-state index contributed by atoms with van der Waals surface area (Å²) in [5.41, 5.74) is 1.11. The average molecular weight is 298 g/mol. The van der Waals surface area contributed by atoms with Crippen LogP contribution in [0, 0.1) is 5.92 Å². The molecule has 1 aromatic carbocycles. The first-order chi connectivity index (χ1) is 9.45. The molecule has 2 rings (SSSR count). The lowest BCUT2D eigenvalue weighted by Gasteiger charge is -2.31. The number of sulfonamides is 1. The molecule has 2 N–H and O–H groups in total. The van der Waals surface area contributed by atoms with Gasteiger partial charge in [-0.3, -0.25) is 0 Å². The number of piperidine rings is 1. The predicted octanol–water partition coefficient (Wildman–Crippen LogP) is 1.15. The van der Waals surface area contributed by atoms with Crippen molar-refractivity contribution in [1.82, 2.24) is 9.62 Å². The maximum absolute atomic E-state index is 11.5. The van der Waals surface area contributed by atoms with Crippen molar-refractivity contribution in [3.8, 4) is 5.75 Å². The van der Waals surface area contributed by atoms with Crippen LogP contribution in [0.25, 0.3) is 0 Å². The monoisotopic (exact) mass is 298 g/mol. The Bertz CT molecular complexity index is 528. The van der Waals surface area contributed by atoms with Gasteiger partial charge in [-0.25, -0.2) is 12.7 Å². The normalized spacial score (nSPS) is 20.9. The lowest BCUT2D eigenvalue weighted by Crippen LogP contribution is -2.42. The summed E-state index contributed by atoms with van der Waals surface area (Å²) in [5, 5.41) is 12.6. The lowest BCUT2D eigenvalue weighted by molar-refractivity contribution is 0.261. The summed E-state index contributed by atoms with van der Waals surface area (Å²) in [4.78, 5) is 0. The summed E-state index contributed by atoms with van der Waals surface area (Å²) >= 11 is 0. The molecule has 0 spiro atoms. The first-order valence-corrected chi connectivity index (χ1v) is 8.74. The van der Waals surface area contributed by atoms with E-state index in [0.717, 1.165) is 31.5 Å². The highest BCUT2D eigenvalue weighted by molar-refractivity contribution is 7.88. The van der Waals surface area contributed by atoms with Gasteiger partial charge in [-0.2, -0.15) is 0 Å². The van der Waals surface area contributed by atoms with Crippen LogP contribution in [0.2, 0.25) is 0 Å². The molecule has 5 nitrogen and oxygen atoms in total. The molecular weight excluding hydrogens is 276 g/mol. The molecule has 112 valence electrons. The molecule has 0 radical (unpaired) electrons. The van der Waals surface area contributed by atoms with Crippen LogP contribution in [0.1, 0.15) is 18.4 Å². The molecule has 0 aromatic heterocycles. The fourth-order valence-corrected chi connectivity index (χ4v) is 3.47. The van der Waals surface area contributed by atoms with Gasteiger partial charge in [0, 0.05) is 19.6 Å². The maximum atomic E-state index is 11.5. The summed E-state index contributed by atoms with van der Waals surface area (Å²) in [5.74, 6) is 0.639. The van der Waals surface area contributed by atoms with Gasteiger partial charge < -0.3 is 10.4 Å². The van der Waals surface area contributed by atoms with E-state index in [-0.39, 0.29) is 5.75 Å². The van der Waals surface area contributed by atoms with Gasteiger partial charge in [0.2, 0.25) is 10.0 Å². The SMILES string of the molecule is CS(=O)(=O)N1CCCC(CNCc2ccc(O)cc2)C1. The fourth-order valence-electron chi connectivity index (χ4n) is 2.53. The molecule has 0 bridgehead atoms. The van der Waals surface area contributed by atoms with Gasteiger partial charge in [0.05, 0.1) is 6.26 Å². The van der Waals surface area contributed by atoms with Crippen LogP contribution in [-0.4, -0.2) is 43.7 Å². The van der Waals surface area contributed by atoms with E-state index in [1.54, 1.807) is 16.4 Å². The number of benzene rings is 1. The van der Waals surface area contributed by atoms with Crippen molar-refractivity contribution in [3.05, 3.63) is 29.8 Å². The summed E-state index contributed by atoms with van der Waals surface area (Å²) in [6.07, 6.45) is 3.27. The number of hydrogen-bond donors (Lipinski definition) is 2. The largest absolute Gasteiger partial charge is 0.508 e. The standard InChI is InChI=1S/C14H22N2O3S/c1-20(18,19)16-8-2-3-13(11-16)10-15-9-12-4-6-14(17)7-5-12/h4-7,13,15,17H,2-3,8-11H2,1H3. The zero-order chi connectivity index (χ0) is 14.6. The molecule has 1 unspecified atom stereocenters. The Morgan fingerprint density at radius 2 is 2.05 bits per heavy atom. The van der Waals surface area contributed by atoms with Crippen LogP contribution in [0.15, 0.2) is 24.3 Å². The highest BCUT2D eigenvalue weighted by Gasteiger charge is 2.25. The minimum atomic E-state index is -3.06. The zero-order valence-electron chi connectivity index (χ0n) is 11.7. The van der Waals surface area contributed by atoms with E-state index >= 15 is 0 Å². The molecule has 20 heavy (non-hydrogen) atoms. The first kappa shape index (κ1) is 15.3. The van der Waals surface area contributed by atoms with E-state index in [2.05, 4.69) is 5.32 Å². The molecule has 0 aliphatic carbocycles. The van der Waals surface area contributed by atoms with Gasteiger partial charge >= 0.3 is 0 Å². The number of phenols is 1. The van der Waals surface area contributed by atoms with Crippen molar-refractivity contribution < 1.29 is 13.5 Å². The van der Waals surface area contributed by atoms with Gasteiger partial charge in [-0.05, 0) is 43.0 Å². The van der Waals surface area contributed by atoms with Crippen molar-refractivity contribution in [1.29, 1.82) is 0 Å². The Labute approximate surface area is 120 Å². The van der Waals surface area contributed by atoms with E-state index in [1.165, 1.54) is 6.26 Å². The zero-order valence-corrected chi connectivity index (χ0v) is 12.6. The summed E-state index contributed by atoms with van der Waals surface area (Å²) in [6, 6.07) is 7.10. The number of nitrogens with zero attached hydrogens (tertiary/aromatic N) is 1. The maximum Gasteiger partial charge on any atom is 0.211 e. The summed E-state index contributed by atoms with van der Waals surface area (Å²) in [6.45, 7) is 2.80. The van der Waals surface area contributed by atoms with Gasteiger partial charge in [0.15, 0.2) is 0 Å². The van der Waals surface area contributed by atoms with E-state index in [0.29, 0.717) is 19.0 Å². The van der Waals surface area contributed by atoms with Crippen LogP contribution in [-0.2, 0) is 16.6 Å². The molecule has 1 aliphatic rings. The van der Waals surface area contributed by atoms with E-state index in [9.17, 15) is 13.5 Å². The third-order valence-corrected chi connectivity index (χ3v) is 4.92. The van der Waals surface area contributed by atoms with Crippen molar-refractivity contribution in [2.45, 2.75) is 19.4 Å². The van der Waals surface area contributed by atoms with Crippen LogP contribution in [0.4, 0.5) is 0 Å². The highest BCUT2D eigenvalue weighted by atomic mass is 32.2. The quantitative estimate of drug-likeness (QED) is 0.855. The van der Waals surface area contributed by atoms with Crippen LogP contribution in [0.5, 0.6) is 5.75 Å². The van der Waals surface area contributed by atoms with Crippen molar-refractivity contribution in [3.63, 3.8) is 0 Å². The van der Waals surface area contributed by atoms with E-state index in [4.69, 9.17) is 0 Å². The average Bonchev–Trinajstić information content (AvgIpc) is 2.40. The Kier molecular flexibility index (Phi) is 5.01. The van der Waals surface area contributed by atoms with Gasteiger partial charge in [0.1, 0.15) is 5.75 Å². The second-order valence-corrected chi connectivity index (χ2v) is 7.41. The number of rotatable bonds is 5. The molecule has 0 saturated carbocycles. The van der Waals surface area contributed by atoms with Crippen molar-refractivity contribution in [2.24, 2.45) is 5.92 Å². The predicted molar refractivity (Wildman–Crippen MR) is 79.0 cm³/mol. The minimum absolute atomic E-state index is 0.268. The molecule has 1 heterocycles. The molecule has 1 atom stereocenters. The third kappa shape index (κ3) is 4.47. The van der Waals surface area contributed by atoms with Crippen LogP contribution >= 0.6 is 0 Å². The number of hydrogen-bond acceptors (Lipinski definition) is 4. The number of aromatic hydroxyl groups is 1. The Morgan fingerprint density at radius 1 is 1.35 bits per heavy atom. The van der Waals surface area contributed by atoms with Gasteiger partial charge in [-0.1, -0.05) is 12.1 Å². The second kappa shape index (κ2) is 6.56. The molecular formula is C14H22N2O3S. The van der Waals surface area contributed by atoms with Gasteiger partial charge in [0.25, 0.3) is 0 Å². The molecule has 1 aliphatic heterocycles. The summed E-state index contributed by atoms with van der Waals surface area (Å²) in [7, 11) is -3.06. The van der Waals surface area contributed by atoms with E-state index in [1.807, 2.05) is 12.1 Å². The van der Waals surface area contributed by atoms with Gasteiger partial charge in [-0.15, -0.1) is 0 Å². The Hall–Kier alpha value is -1.11. The topological polar surface area (TPSA) is 69.6 Å². The van der Waals surface area contributed by atoms with E-state index < -0.39 is 10.0 Å². The Balaban J connectivity index is 1.78. The molecule has 1 fully saturated rings. The molecule has 6 heteroatoms. The molecule has 1 saturated heterocycles. The van der Waals surface area contributed by atoms with Crippen molar-refractivity contribution in [2.75, 3.05) is 25.9 Å². The minimum Gasteiger partial charge on any atom is -0.508 e. The number of nitrogens with one attached hydrogen (secondary N) is 1. The second-order valence-electron chi connectivity index (χ2n) is 5.43. The summed E-state index contributed by atoms with van der Waals surface area (Å²) < 4.78 is 24.7. The lowest BCUT2D eigenvalue weighted by atomic mass is 9.99.